The molecule has 0 radical (unpaired) electrons. The number of rotatable bonds is 9. The summed E-state index contributed by atoms with van der Waals surface area (Å²) >= 11 is 0. The second-order valence-corrected chi connectivity index (χ2v) is 9.85. The van der Waals surface area contributed by atoms with Gasteiger partial charge >= 0.3 is 0 Å². The van der Waals surface area contributed by atoms with E-state index in [1.165, 1.54) is 28.8 Å². The largest absolute Gasteiger partial charge is 0.489 e. The van der Waals surface area contributed by atoms with Crippen LogP contribution < -0.4 is 4.74 Å². The van der Waals surface area contributed by atoms with Crippen molar-refractivity contribution >= 4 is 11.4 Å². The van der Waals surface area contributed by atoms with Crippen LogP contribution >= 0.6 is 0 Å². The zero-order chi connectivity index (χ0) is 25.0. The molecule has 1 aliphatic rings. The van der Waals surface area contributed by atoms with Crippen molar-refractivity contribution in [3.05, 3.63) is 84.5 Å². The zero-order valence-corrected chi connectivity index (χ0v) is 20.7. The number of hydrogen-bond acceptors (Lipinski definition) is 5. The van der Waals surface area contributed by atoms with E-state index in [0.717, 1.165) is 43.1 Å². The average Bonchev–Trinajstić information content (AvgIpc) is 2.76. The van der Waals surface area contributed by atoms with Gasteiger partial charge in [0.1, 0.15) is 12.4 Å². The Bertz CT molecular complexity index is 1070. The molecule has 3 atom stereocenters. The lowest BCUT2D eigenvalue weighted by Gasteiger charge is -2.35. The molecule has 0 spiro atoms. The predicted molar refractivity (Wildman–Crippen MR) is 133 cm³/mol. The lowest BCUT2D eigenvalue weighted by molar-refractivity contribution is -0.394. The SMILES string of the molecule is CC(C)=CCC[C@H](C)[C@@H]1CC[C@@H](C)c2c(OCc3cc([N+](=O)[O-])cc([N+](=O)[O-])c3)cc(C)cc21. The highest BCUT2D eigenvalue weighted by molar-refractivity contribution is 5.50. The van der Waals surface area contributed by atoms with E-state index >= 15 is 0 Å². The van der Waals surface area contributed by atoms with Crippen LogP contribution in [0, 0.1) is 33.1 Å². The number of benzene rings is 2. The van der Waals surface area contributed by atoms with E-state index < -0.39 is 9.85 Å². The number of nitro groups is 2. The van der Waals surface area contributed by atoms with E-state index in [9.17, 15) is 20.2 Å². The number of ether oxygens (including phenoxy) is 1. The molecule has 0 N–H and O–H groups in total. The lowest BCUT2D eigenvalue weighted by Crippen LogP contribution is -2.20. The Morgan fingerprint density at radius 3 is 2.32 bits per heavy atom. The first kappa shape index (κ1) is 25.4. The maximum atomic E-state index is 11.2. The van der Waals surface area contributed by atoms with Crippen molar-refractivity contribution in [1.29, 1.82) is 0 Å². The summed E-state index contributed by atoms with van der Waals surface area (Å²) in [4.78, 5) is 21.2. The molecule has 0 aliphatic heterocycles. The highest BCUT2D eigenvalue weighted by Crippen LogP contribution is 2.47. The maximum absolute atomic E-state index is 11.2. The normalized spacial score (nSPS) is 18.0. The first-order chi connectivity index (χ1) is 16.1. The van der Waals surface area contributed by atoms with E-state index in [0.29, 0.717) is 23.3 Å². The van der Waals surface area contributed by atoms with Crippen molar-refractivity contribution in [2.75, 3.05) is 0 Å². The molecule has 0 bridgehead atoms. The van der Waals surface area contributed by atoms with Crippen LogP contribution in [0.25, 0.3) is 0 Å². The first-order valence-electron chi connectivity index (χ1n) is 11.9. The summed E-state index contributed by atoms with van der Waals surface area (Å²) in [5.74, 6) is 2.11. The van der Waals surface area contributed by atoms with Crippen LogP contribution in [0.15, 0.2) is 42.0 Å². The quantitative estimate of drug-likeness (QED) is 0.214. The highest BCUT2D eigenvalue weighted by atomic mass is 16.6. The molecular formula is C27H34N2O5. The fourth-order valence-electron chi connectivity index (χ4n) is 5.01. The number of fused-ring (bicyclic) bond motifs is 1. The number of nitro benzene ring substituents is 2. The highest BCUT2D eigenvalue weighted by Gasteiger charge is 2.31. The van der Waals surface area contributed by atoms with Gasteiger partial charge in [-0.25, -0.2) is 0 Å². The van der Waals surface area contributed by atoms with Gasteiger partial charge in [-0.3, -0.25) is 20.2 Å². The minimum absolute atomic E-state index is 0.0337. The van der Waals surface area contributed by atoms with Gasteiger partial charge in [-0.15, -0.1) is 0 Å². The summed E-state index contributed by atoms with van der Waals surface area (Å²) in [6.07, 6.45) is 6.72. The number of nitrogens with zero attached hydrogens (tertiary/aromatic N) is 2. The van der Waals surface area contributed by atoms with Crippen molar-refractivity contribution in [2.45, 2.75) is 78.7 Å². The Kier molecular flexibility index (Phi) is 8.07. The van der Waals surface area contributed by atoms with Gasteiger partial charge in [0.25, 0.3) is 11.4 Å². The van der Waals surface area contributed by atoms with Crippen LogP contribution in [0.1, 0.15) is 87.5 Å². The fourth-order valence-corrected chi connectivity index (χ4v) is 5.01. The fraction of sp³-hybridized carbons (Fsp3) is 0.481. The Morgan fingerprint density at radius 1 is 1.09 bits per heavy atom. The van der Waals surface area contributed by atoms with Crippen molar-refractivity contribution in [3.63, 3.8) is 0 Å². The van der Waals surface area contributed by atoms with Crippen molar-refractivity contribution in [1.82, 2.24) is 0 Å². The molecule has 0 aromatic heterocycles. The van der Waals surface area contributed by atoms with Gasteiger partial charge in [-0.1, -0.05) is 31.6 Å². The Balaban J connectivity index is 1.90. The molecule has 0 heterocycles. The molecule has 7 nitrogen and oxygen atoms in total. The number of allylic oxidation sites excluding steroid dienone is 2. The van der Waals surface area contributed by atoms with Crippen LogP contribution in [0.4, 0.5) is 11.4 Å². The summed E-state index contributed by atoms with van der Waals surface area (Å²) < 4.78 is 6.20. The first-order valence-corrected chi connectivity index (χ1v) is 11.9. The number of hydrogen-bond donors (Lipinski definition) is 0. The standard InChI is InChI=1S/C27H34N2O5/c1-17(2)7-6-8-19(4)24-10-9-20(5)27-25(24)11-18(3)12-26(27)34-16-21-13-22(28(30)31)15-23(14-21)29(32)33/h7,11-15,19-20,24H,6,8-10,16H2,1-5H3/t19-,20+,24-/m0/s1. The molecule has 0 unspecified atom stereocenters. The van der Waals surface area contributed by atoms with Gasteiger partial charge in [0, 0.05) is 23.3 Å². The van der Waals surface area contributed by atoms with Crippen LogP contribution in [0.5, 0.6) is 5.75 Å². The Labute approximate surface area is 201 Å². The zero-order valence-electron chi connectivity index (χ0n) is 20.7. The van der Waals surface area contributed by atoms with Gasteiger partial charge in [0.2, 0.25) is 0 Å². The average molecular weight is 467 g/mol. The van der Waals surface area contributed by atoms with Crippen LogP contribution in [-0.4, -0.2) is 9.85 Å². The third-order valence-corrected chi connectivity index (χ3v) is 6.76. The molecule has 0 saturated heterocycles. The smallest absolute Gasteiger partial charge is 0.276 e. The molecule has 0 saturated carbocycles. The van der Waals surface area contributed by atoms with Gasteiger partial charge in [0.05, 0.1) is 15.9 Å². The van der Waals surface area contributed by atoms with Gasteiger partial charge in [-0.2, -0.15) is 0 Å². The monoisotopic (exact) mass is 466 g/mol. The Hall–Kier alpha value is -3.22. The number of aryl methyl sites for hydroxylation is 1. The van der Waals surface area contributed by atoms with Crippen molar-refractivity contribution in [3.8, 4) is 5.75 Å². The van der Waals surface area contributed by atoms with Crippen molar-refractivity contribution in [2.24, 2.45) is 5.92 Å². The minimum Gasteiger partial charge on any atom is -0.489 e. The Morgan fingerprint density at radius 2 is 1.74 bits per heavy atom. The molecule has 1 aliphatic carbocycles. The molecule has 34 heavy (non-hydrogen) atoms. The van der Waals surface area contributed by atoms with Gasteiger partial charge in [-0.05, 0) is 81.4 Å². The lowest BCUT2D eigenvalue weighted by atomic mass is 9.71. The van der Waals surface area contributed by atoms with Crippen LogP contribution in [0.2, 0.25) is 0 Å². The van der Waals surface area contributed by atoms with Gasteiger partial charge in [0.15, 0.2) is 0 Å². The second-order valence-electron chi connectivity index (χ2n) is 9.85. The summed E-state index contributed by atoms with van der Waals surface area (Å²) in [7, 11) is 0. The summed E-state index contributed by atoms with van der Waals surface area (Å²) in [5.41, 5.74) is 4.79. The van der Waals surface area contributed by atoms with Crippen LogP contribution in [-0.2, 0) is 6.61 Å². The van der Waals surface area contributed by atoms with Crippen LogP contribution in [0.3, 0.4) is 0 Å². The summed E-state index contributed by atoms with van der Waals surface area (Å²) in [5, 5.41) is 22.5. The molecular weight excluding hydrogens is 432 g/mol. The molecule has 0 fully saturated rings. The molecule has 182 valence electrons. The number of non-ortho nitro benzene ring substituents is 2. The molecule has 3 rings (SSSR count). The maximum Gasteiger partial charge on any atom is 0.276 e. The summed E-state index contributed by atoms with van der Waals surface area (Å²) in [6.45, 7) is 10.9. The second kappa shape index (κ2) is 10.8. The van der Waals surface area contributed by atoms with E-state index in [4.69, 9.17) is 4.74 Å². The topological polar surface area (TPSA) is 95.5 Å². The molecule has 0 amide bonds. The van der Waals surface area contributed by atoms with Gasteiger partial charge < -0.3 is 4.74 Å². The summed E-state index contributed by atoms with van der Waals surface area (Å²) in [6, 6.07) is 7.94. The van der Waals surface area contributed by atoms with E-state index in [1.807, 2.05) is 6.07 Å². The molecule has 2 aromatic carbocycles. The molecule has 2 aromatic rings. The third kappa shape index (κ3) is 6.01. The van der Waals surface area contributed by atoms with E-state index in [2.05, 4.69) is 46.8 Å². The third-order valence-electron chi connectivity index (χ3n) is 6.76. The van der Waals surface area contributed by atoms with E-state index in [1.54, 1.807) is 0 Å². The minimum atomic E-state index is -0.617. The van der Waals surface area contributed by atoms with E-state index in [-0.39, 0.29) is 18.0 Å². The van der Waals surface area contributed by atoms with Crippen molar-refractivity contribution < 1.29 is 14.6 Å². The predicted octanol–water partition coefficient (Wildman–Crippen LogP) is 7.75. The molecule has 7 heteroatoms.